The van der Waals surface area contributed by atoms with E-state index in [9.17, 15) is 14.0 Å². The first-order valence-corrected chi connectivity index (χ1v) is 16.7. The van der Waals surface area contributed by atoms with Gasteiger partial charge in [-0.2, -0.15) is 5.10 Å². The summed E-state index contributed by atoms with van der Waals surface area (Å²) in [5.74, 6) is 0.292. The standard InChI is InChI=1S/C37H41FN6O3/c1-22(2)44-32(14-15-41-44)35(45)43-34(33(24-8-9-24)25-10-11-25)36(46)42-28-12-13-29-26(16-28)18-39-20-31(29)30-17-27(38)19-40-37(30)47-21-23-6-4-3-5-7-23/h3-7,12-17,19,22,24-25,31,33-34,39H,8-11,18,20-21H2,1-2H3,(H,42,46)(H,43,45)/t31?,34-/m0/s1. The van der Waals surface area contributed by atoms with Crippen molar-refractivity contribution in [3.63, 3.8) is 0 Å². The highest BCUT2D eigenvalue weighted by molar-refractivity contribution is 6.01. The molecule has 1 aliphatic heterocycles. The lowest BCUT2D eigenvalue weighted by atomic mass is 9.85. The average molecular weight is 637 g/mol. The summed E-state index contributed by atoms with van der Waals surface area (Å²) in [5, 5.41) is 14.0. The number of nitrogens with zero attached hydrogens (tertiary/aromatic N) is 3. The first-order chi connectivity index (χ1) is 22.9. The molecule has 244 valence electrons. The van der Waals surface area contributed by atoms with Crippen LogP contribution in [0, 0.1) is 23.6 Å². The van der Waals surface area contributed by atoms with Gasteiger partial charge in [0, 0.05) is 42.5 Å². The van der Waals surface area contributed by atoms with E-state index in [2.05, 4.69) is 26.0 Å². The number of carbonyl (C=O) groups excluding carboxylic acids is 2. The molecule has 2 atom stereocenters. The van der Waals surface area contributed by atoms with E-state index in [0.717, 1.165) is 42.4 Å². The van der Waals surface area contributed by atoms with Gasteiger partial charge in [-0.15, -0.1) is 0 Å². The summed E-state index contributed by atoms with van der Waals surface area (Å²) in [4.78, 5) is 31.9. The third kappa shape index (κ3) is 6.93. The Morgan fingerprint density at radius 3 is 2.51 bits per heavy atom. The van der Waals surface area contributed by atoms with E-state index in [1.54, 1.807) is 16.9 Å². The largest absolute Gasteiger partial charge is 0.473 e. The van der Waals surface area contributed by atoms with Gasteiger partial charge in [0.15, 0.2) is 0 Å². The average Bonchev–Trinajstić information content (AvgIpc) is 4.03. The molecule has 3 aliphatic rings. The van der Waals surface area contributed by atoms with Gasteiger partial charge in [0.25, 0.3) is 5.91 Å². The van der Waals surface area contributed by atoms with Gasteiger partial charge in [-0.05, 0) is 98.2 Å². The predicted molar refractivity (Wildman–Crippen MR) is 176 cm³/mol. The molecule has 2 aliphatic carbocycles. The third-order valence-corrected chi connectivity index (χ3v) is 9.57. The number of nitrogens with one attached hydrogen (secondary N) is 3. The van der Waals surface area contributed by atoms with Gasteiger partial charge < -0.3 is 20.7 Å². The smallest absolute Gasteiger partial charge is 0.270 e. The van der Waals surface area contributed by atoms with Crippen molar-refractivity contribution in [3.05, 3.63) is 107 Å². The van der Waals surface area contributed by atoms with E-state index in [-0.39, 0.29) is 29.7 Å². The zero-order valence-electron chi connectivity index (χ0n) is 26.8. The van der Waals surface area contributed by atoms with Gasteiger partial charge in [-0.1, -0.05) is 36.4 Å². The molecule has 2 aromatic carbocycles. The number of benzene rings is 2. The Kier molecular flexibility index (Phi) is 8.77. The Morgan fingerprint density at radius 2 is 1.79 bits per heavy atom. The Labute approximate surface area is 274 Å². The van der Waals surface area contributed by atoms with Crippen LogP contribution in [-0.2, 0) is 17.9 Å². The number of aromatic nitrogens is 3. The quantitative estimate of drug-likeness (QED) is 0.176. The SMILES string of the molecule is CC(C)n1nccc1C(=O)N[C@H](C(=O)Nc1ccc2c(c1)CNCC2c1cc(F)cnc1OCc1ccccc1)C(C1CC1)C1CC1. The molecular formula is C37H41FN6O3. The first-order valence-electron chi connectivity index (χ1n) is 16.7. The normalized spacial score (nSPS) is 18.1. The number of fused-ring (bicyclic) bond motifs is 1. The summed E-state index contributed by atoms with van der Waals surface area (Å²) in [7, 11) is 0. The van der Waals surface area contributed by atoms with E-state index < -0.39 is 11.9 Å². The third-order valence-electron chi connectivity index (χ3n) is 9.57. The highest BCUT2D eigenvalue weighted by Crippen LogP contribution is 2.51. The molecule has 2 amide bonds. The number of hydrogen-bond donors (Lipinski definition) is 3. The minimum absolute atomic E-state index is 0.0169. The molecule has 0 radical (unpaired) electrons. The summed E-state index contributed by atoms with van der Waals surface area (Å²) < 4.78 is 22.3. The van der Waals surface area contributed by atoms with Crippen molar-refractivity contribution in [3.8, 4) is 5.88 Å². The zero-order chi connectivity index (χ0) is 32.5. The molecule has 10 heteroatoms. The maximum atomic E-state index is 14.5. The highest BCUT2D eigenvalue weighted by Gasteiger charge is 2.48. The number of amides is 2. The van der Waals surface area contributed by atoms with Crippen molar-refractivity contribution in [2.24, 2.45) is 17.8 Å². The van der Waals surface area contributed by atoms with Crippen molar-refractivity contribution in [1.82, 2.24) is 25.4 Å². The molecule has 0 spiro atoms. The number of hydrogen-bond acceptors (Lipinski definition) is 6. The van der Waals surface area contributed by atoms with Crippen molar-refractivity contribution in [1.29, 1.82) is 0 Å². The summed E-state index contributed by atoms with van der Waals surface area (Å²) >= 11 is 0. The molecule has 2 aromatic heterocycles. The topological polar surface area (TPSA) is 110 Å². The van der Waals surface area contributed by atoms with E-state index >= 15 is 0 Å². The lowest BCUT2D eigenvalue weighted by Gasteiger charge is -2.29. The van der Waals surface area contributed by atoms with Crippen LogP contribution >= 0.6 is 0 Å². The monoisotopic (exact) mass is 636 g/mol. The van der Waals surface area contributed by atoms with Crippen LogP contribution in [0.15, 0.2) is 73.1 Å². The fourth-order valence-electron chi connectivity index (χ4n) is 7.02. The second kappa shape index (κ2) is 13.3. The molecule has 2 saturated carbocycles. The van der Waals surface area contributed by atoms with E-state index in [1.165, 1.54) is 12.3 Å². The number of carbonyl (C=O) groups is 2. The Balaban J connectivity index is 1.12. The molecule has 1 unspecified atom stereocenters. The Morgan fingerprint density at radius 1 is 1.02 bits per heavy atom. The van der Waals surface area contributed by atoms with Crippen molar-refractivity contribution in [2.75, 3.05) is 11.9 Å². The number of anilines is 1. The second-order valence-corrected chi connectivity index (χ2v) is 13.4. The van der Waals surface area contributed by atoms with Gasteiger partial charge in [-0.25, -0.2) is 9.37 Å². The molecule has 2 fully saturated rings. The molecule has 0 saturated heterocycles. The van der Waals surface area contributed by atoms with Crippen LogP contribution in [0.5, 0.6) is 5.88 Å². The fourth-order valence-corrected chi connectivity index (χ4v) is 7.02. The number of ether oxygens (including phenoxy) is 1. The molecule has 0 bridgehead atoms. The molecule has 3 N–H and O–H groups in total. The molecular weight excluding hydrogens is 595 g/mol. The molecule has 47 heavy (non-hydrogen) atoms. The van der Waals surface area contributed by atoms with Crippen LogP contribution in [0.25, 0.3) is 0 Å². The second-order valence-electron chi connectivity index (χ2n) is 13.4. The first kappa shape index (κ1) is 31.1. The van der Waals surface area contributed by atoms with Crippen molar-refractivity contribution >= 4 is 17.5 Å². The fraction of sp³-hybridized carbons (Fsp3) is 0.405. The van der Waals surface area contributed by atoms with E-state index in [4.69, 9.17) is 4.74 Å². The van der Waals surface area contributed by atoms with Gasteiger partial charge in [0.2, 0.25) is 11.8 Å². The van der Waals surface area contributed by atoms with Gasteiger partial charge in [0.1, 0.15) is 24.2 Å². The van der Waals surface area contributed by atoms with Crippen LogP contribution in [0.4, 0.5) is 10.1 Å². The summed E-state index contributed by atoms with van der Waals surface area (Å²) in [6.07, 6.45) is 7.15. The van der Waals surface area contributed by atoms with Crippen molar-refractivity contribution < 1.29 is 18.7 Å². The van der Waals surface area contributed by atoms with Crippen LogP contribution in [0.3, 0.4) is 0 Å². The zero-order valence-corrected chi connectivity index (χ0v) is 26.8. The number of halogens is 1. The van der Waals surface area contributed by atoms with E-state index in [1.807, 2.05) is 62.4 Å². The maximum absolute atomic E-state index is 14.5. The minimum atomic E-state index is -0.650. The van der Waals surface area contributed by atoms with Crippen LogP contribution < -0.4 is 20.7 Å². The van der Waals surface area contributed by atoms with Gasteiger partial charge in [0.05, 0.1) is 6.20 Å². The summed E-state index contributed by atoms with van der Waals surface area (Å²) in [5.41, 5.74) is 4.81. The number of rotatable bonds is 12. The summed E-state index contributed by atoms with van der Waals surface area (Å²) in [6, 6.07) is 18.2. The summed E-state index contributed by atoms with van der Waals surface area (Å²) in [6.45, 7) is 5.47. The lowest BCUT2D eigenvalue weighted by molar-refractivity contribution is -0.119. The van der Waals surface area contributed by atoms with Crippen LogP contribution in [-0.4, -0.2) is 39.2 Å². The van der Waals surface area contributed by atoms with Gasteiger partial charge in [-0.3, -0.25) is 14.3 Å². The van der Waals surface area contributed by atoms with Crippen LogP contribution in [0.2, 0.25) is 0 Å². The lowest BCUT2D eigenvalue weighted by Crippen LogP contribution is -2.50. The van der Waals surface area contributed by atoms with Crippen molar-refractivity contribution in [2.45, 2.75) is 70.7 Å². The highest BCUT2D eigenvalue weighted by atomic mass is 19.1. The number of pyridine rings is 1. The Bertz CT molecular complexity index is 1740. The maximum Gasteiger partial charge on any atom is 0.270 e. The van der Waals surface area contributed by atoms with E-state index in [0.29, 0.717) is 54.4 Å². The molecule has 3 heterocycles. The molecule has 4 aromatic rings. The predicted octanol–water partition coefficient (Wildman–Crippen LogP) is 5.99. The molecule has 7 rings (SSSR count). The minimum Gasteiger partial charge on any atom is -0.473 e. The Hall–Kier alpha value is -4.57. The molecule has 9 nitrogen and oxygen atoms in total. The van der Waals surface area contributed by atoms with Gasteiger partial charge >= 0.3 is 0 Å². The van der Waals surface area contributed by atoms with Crippen LogP contribution in [0.1, 0.15) is 84.2 Å².